The molecule has 3 rings (SSSR count). The quantitative estimate of drug-likeness (QED) is 0.521. The predicted octanol–water partition coefficient (Wildman–Crippen LogP) is 3.19. The molecule has 0 aliphatic carbocycles. The van der Waals surface area contributed by atoms with E-state index in [1.165, 1.54) is 23.4 Å². The van der Waals surface area contributed by atoms with Crippen LogP contribution >= 0.6 is 0 Å². The number of rotatable bonds is 4. The van der Waals surface area contributed by atoms with Crippen LogP contribution in [0.25, 0.3) is 10.8 Å². The number of carbonyl (C=O) groups excluding carboxylic acids is 1. The molecule has 0 aromatic heterocycles. The zero-order valence-corrected chi connectivity index (χ0v) is 15.6. The number of guanidine groups is 1. The van der Waals surface area contributed by atoms with E-state index in [1.807, 2.05) is 0 Å². The molecule has 138 valence electrons. The van der Waals surface area contributed by atoms with Crippen LogP contribution in [0.5, 0.6) is 0 Å². The highest BCUT2D eigenvalue weighted by molar-refractivity contribution is 5.83. The van der Waals surface area contributed by atoms with Crippen molar-refractivity contribution >= 4 is 22.7 Å². The number of hydrogen-bond acceptors (Lipinski definition) is 3. The van der Waals surface area contributed by atoms with Gasteiger partial charge in [-0.05, 0) is 42.2 Å². The zero-order valence-electron chi connectivity index (χ0n) is 15.6. The van der Waals surface area contributed by atoms with Crippen molar-refractivity contribution in [1.29, 1.82) is 0 Å². The summed E-state index contributed by atoms with van der Waals surface area (Å²) in [5.41, 5.74) is 1.20. The largest absolute Gasteiger partial charge is 0.469 e. The van der Waals surface area contributed by atoms with Crippen LogP contribution < -0.4 is 5.32 Å². The third kappa shape index (κ3) is 4.34. The number of carbonyl (C=O) groups is 1. The summed E-state index contributed by atoms with van der Waals surface area (Å²) in [5.74, 6) is 0.839. The van der Waals surface area contributed by atoms with E-state index >= 15 is 0 Å². The molecule has 0 radical (unpaired) electrons. The van der Waals surface area contributed by atoms with Gasteiger partial charge in [0.25, 0.3) is 0 Å². The minimum absolute atomic E-state index is 0.0135. The van der Waals surface area contributed by atoms with Crippen molar-refractivity contribution in [3.63, 3.8) is 0 Å². The highest BCUT2D eigenvalue weighted by Crippen LogP contribution is 2.19. The lowest BCUT2D eigenvalue weighted by Crippen LogP contribution is -2.46. The molecule has 0 saturated carbocycles. The van der Waals surface area contributed by atoms with E-state index in [0.717, 1.165) is 38.4 Å². The molecule has 1 N–H and O–H groups in total. The fourth-order valence-corrected chi connectivity index (χ4v) is 3.42. The van der Waals surface area contributed by atoms with Crippen LogP contribution in [0.1, 0.15) is 25.3 Å². The number of aliphatic imine (C=N–C) groups is 1. The molecule has 0 unspecified atom stereocenters. The molecule has 0 bridgehead atoms. The van der Waals surface area contributed by atoms with Crippen molar-refractivity contribution in [1.82, 2.24) is 10.2 Å². The summed E-state index contributed by atoms with van der Waals surface area (Å²) in [5, 5.41) is 5.86. The molecule has 0 atom stereocenters. The van der Waals surface area contributed by atoms with Crippen LogP contribution in [0.3, 0.4) is 0 Å². The van der Waals surface area contributed by atoms with Crippen LogP contribution in [-0.2, 0) is 16.1 Å². The Morgan fingerprint density at radius 1 is 1.19 bits per heavy atom. The number of esters is 1. The summed E-state index contributed by atoms with van der Waals surface area (Å²) in [4.78, 5) is 18.8. The van der Waals surface area contributed by atoms with Gasteiger partial charge in [-0.15, -0.1) is 0 Å². The molecule has 1 fully saturated rings. The lowest BCUT2D eigenvalue weighted by Gasteiger charge is -2.33. The number of likely N-dealkylation sites (tertiary alicyclic amines) is 1. The van der Waals surface area contributed by atoms with Crippen molar-refractivity contribution < 1.29 is 9.53 Å². The Kier molecular flexibility index (Phi) is 6.10. The van der Waals surface area contributed by atoms with Gasteiger partial charge in [-0.3, -0.25) is 4.79 Å². The van der Waals surface area contributed by atoms with E-state index in [4.69, 9.17) is 9.73 Å². The Hall–Kier alpha value is -2.56. The number of piperidine rings is 1. The average Bonchev–Trinajstić information content (AvgIpc) is 2.70. The SMILES string of the molecule is CCNC(=NCc1ccc2ccccc2c1)N1CCC(C(=O)OC)CC1. The van der Waals surface area contributed by atoms with Crippen molar-refractivity contribution in [3.05, 3.63) is 48.0 Å². The van der Waals surface area contributed by atoms with Crippen molar-refractivity contribution in [2.45, 2.75) is 26.3 Å². The molecule has 0 spiro atoms. The fourth-order valence-electron chi connectivity index (χ4n) is 3.42. The minimum Gasteiger partial charge on any atom is -0.469 e. The van der Waals surface area contributed by atoms with E-state index in [1.54, 1.807) is 0 Å². The Balaban J connectivity index is 1.67. The lowest BCUT2D eigenvalue weighted by molar-refractivity contribution is -0.146. The average molecular weight is 353 g/mol. The number of methoxy groups -OCH3 is 1. The van der Waals surface area contributed by atoms with Crippen LogP contribution in [0.15, 0.2) is 47.5 Å². The first-order valence-corrected chi connectivity index (χ1v) is 9.30. The zero-order chi connectivity index (χ0) is 18.4. The van der Waals surface area contributed by atoms with Gasteiger partial charge in [-0.25, -0.2) is 4.99 Å². The minimum atomic E-state index is -0.0947. The molecule has 2 aromatic carbocycles. The van der Waals surface area contributed by atoms with Gasteiger partial charge >= 0.3 is 5.97 Å². The normalized spacial score (nSPS) is 15.9. The topological polar surface area (TPSA) is 53.9 Å². The predicted molar refractivity (Wildman–Crippen MR) is 105 cm³/mol. The summed E-state index contributed by atoms with van der Waals surface area (Å²) in [6.07, 6.45) is 1.63. The van der Waals surface area contributed by atoms with Crippen LogP contribution in [0, 0.1) is 5.92 Å². The molecule has 26 heavy (non-hydrogen) atoms. The molecule has 1 aliphatic heterocycles. The van der Waals surface area contributed by atoms with Gasteiger partial charge in [0.05, 0.1) is 19.6 Å². The molecule has 2 aromatic rings. The lowest BCUT2D eigenvalue weighted by atomic mass is 9.97. The monoisotopic (exact) mass is 353 g/mol. The van der Waals surface area contributed by atoms with E-state index in [9.17, 15) is 4.79 Å². The van der Waals surface area contributed by atoms with E-state index in [2.05, 4.69) is 59.6 Å². The second-order valence-corrected chi connectivity index (χ2v) is 6.64. The van der Waals surface area contributed by atoms with Gasteiger partial charge in [0.1, 0.15) is 0 Å². The number of benzene rings is 2. The first kappa shape index (κ1) is 18.2. The molecular formula is C21H27N3O2. The maximum Gasteiger partial charge on any atom is 0.308 e. The summed E-state index contributed by atoms with van der Waals surface area (Å²) in [6.45, 7) is 5.19. The fraction of sp³-hybridized carbons (Fsp3) is 0.429. The summed E-state index contributed by atoms with van der Waals surface area (Å²) in [6, 6.07) is 14.9. The summed E-state index contributed by atoms with van der Waals surface area (Å²) < 4.78 is 4.87. The molecule has 5 heteroatoms. The van der Waals surface area contributed by atoms with Crippen LogP contribution in [0.2, 0.25) is 0 Å². The first-order chi connectivity index (χ1) is 12.7. The molecule has 0 amide bonds. The number of fused-ring (bicyclic) bond motifs is 1. The number of nitrogens with zero attached hydrogens (tertiary/aromatic N) is 2. The molecule has 5 nitrogen and oxygen atoms in total. The van der Waals surface area contributed by atoms with Crippen molar-refractivity contribution in [2.75, 3.05) is 26.7 Å². The van der Waals surface area contributed by atoms with Crippen LogP contribution in [-0.4, -0.2) is 43.6 Å². The molecule has 1 aliphatic rings. The molecule has 1 heterocycles. The second kappa shape index (κ2) is 8.70. The number of hydrogen-bond donors (Lipinski definition) is 1. The van der Waals surface area contributed by atoms with Gasteiger partial charge in [0, 0.05) is 19.6 Å². The highest BCUT2D eigenvalue weighted by Gasteiger charge is 2.26. The third-order valence-corrected chi connectivity index (χ3v) is 4.89. The molecule has 1 saturated heterocycles. The third-order valence-electron chi connectivity index (χ3n) is 4.89. The Morgan fingerprint density at radius 3 is 2.62 bits per heavy atom. The second-order valence-electron chi connectivity index (χ2n) is 6.64. The first-order valence-electron chi connectivity index (χ1n) is 9.30. The Morgan fingerprint density at radius 2 is 1.92 bits per heavy atom. The van der Waals surface area contributed by atoms with Crippen LogP contribution in [0.4, 0.5) is 0 Å². The number of ether oxygens (including phenoxy) is 1. The highest BCUT2D eigenvalue weighted by atomic mass is 16.5. The summed E-state index contributed by atoms with van der Waals surface area (Å²) >= 11 is 0. The summed E-state index contributed by atoms with van der Waals surface area (Å²) in [7, 11) is 1.46. The van der Waals surface area contributed by atoms with Gasteiger partial charge < -0.3 is 15.0 Å². The maximum atomic E-state index is 11.7. The van der Waals surface area contributed by atoms with E-state index in [-0.39, 0.29) is 11.9 Å². The van der Waals surface area contributed by atoms with Gasteiger partial charge in [-0.2, -0.15) is 0 Å². The smallest absolute Gasteiger partial charge is 0.308 e. The molecular weight excluding hydrogens is 326 g/mol. The van der Waals surface area contributed by atoms with Gasteiger partial charge in [-0.1, -0.05) is 36.4 Å². The Labute approximate surface area is 155 Å². The van der Waals surface area contributed by atoms with Gasteiger partial charge in [0.15, 0.2) is 5.96 Å². The standard InChI is InChI=1S/C21H27N3O2/c1-3-22-21(24-12-10-18(11-13-24)20(25)26-2)23-15-16-8-9-17-6-4-5-7-19(17)14-16/h4-9,14,18H,3,10-13,15H2,1-2H3,(H,22,23). The van der Waals surface area contributed by atoms with E-state index in [0.29, 0.717) is 6.54 Å². The Bertz CT molecular complexity index is 780. The number of nitrogens with one attached hydrogen (secondary N) is 1. The van der Waals surface area contributed by atoms with Crippen molar-refractivity contribution in [3.8, 4) is 0 Å². The van der Waals surface area contributed by atoms with Gasteiger partial charge in [0.2, 0.25) is 0 Å². The van der Waals surface area contributed by atoms with E-state index < -0.39 is 0 Å². The van der Waals surface area contributed by atoms with Crippen molar-refractivity contribution in [2.24, 2.45) is 10.9 Å². The maximum absolute atomic E-state index is 11.7.